The molecule has 0 aliphatic carbocycles. The molecule has 7 heteroatoms. The number of halogens is 1. The summed E-state index contributed by atoms with van der Waals surface area (Å²) in [6.07, 6.45) is 2.79. The molecule has 1 N–H and O–H groups in total. The first-order valence-corrected chi connectivity index (χ1v) is 8.43. The van der Waals surface area contributed by atoms with Gasteiger partial charge in [0.2, 0.25) is 0 Å². The van der Waals surface area contributed by atoms with Crippen molar-refractivity contribution in [1.82, 2.24) is 0 Å². The van der Waals surface area contributed by atoms with Crippen molar-refractivity contribution in [3.63, 3.8) is 0 Å². The van der Waals surface area contributed by atoms with Gasteiger partial charge in [-0.2, -0.15) is 0 Å². The lowest BCUT2D eigenvalue weighted by Gasteiger charge is -2.09. The number of rotatable bonds is 7. The number of carbonyl (C=O) groups excluding carboxylic acids is 2. The Kier molecular flexibility index (Phi) is 7.25. The molecule has 2 aromatic carbocycles. The Morgan fingerprint density at radius 3 is 2.52 bits per heavy atom. The van der Waals surface area contributed by atoms with Gasteiger partial charge in [-0.3, -0.25) is 4.79 Å². The molecule has 2 aromatic rings. The van der Waals surface area contributed by atoms with Crippen molar-refractivity contribution < 1.29 is 23.8 Å². The van der Waals surface area contributed by atoms with E-state index in [2.05, 4.69) is 5.32 Å². The molecule has 142 valence electrons. The van der Waals surface area contributed by atoms with E-state index in [0.717, 1.165) is 11.1 Å². The van der Waals surface area contributed by atoms with Gasteiger partial charge in [-0.1, -0.05) is 23.7 Å². The highest BCUT2D eigenvalue weighted by Gasteiger charge is 2.08. The Morgan fingerprint density at radius 2 is 1.81 bits per heavy atom. The molecular formula is C20H20ClNO5. The van der Waals surface area contributed by atoms with Gasteiger partial charge in [0.15, 0.2) is 18.1 Å². The second-order valence-electron chi connectivity index (χ2n) is 5.56. The Bertz CT molecular complexity index is 863. The molecular weight excluding hydrogens is 370 g/mol. The number of anilines is 1. The summed E-state index contributed by atoms with van der Waals surface area (Å²) in [5.74, 6) is 0.0467. The van der Waals surface area contributed by atoms with E-state index in [0.29, 0.717) is 22.2 Å². The van der Waals surface area contributed by atoms with Crippen LogP contribution >= 0.6 is 11.6 Å². The van der Waals surface area contributed by atoms with Crippen LogP contribution in [0.3, 0.4) is 0 Å². The molecule has 0 saturated heterocycles. The fourth-order valence-electron chi connectivity index (χ4n) is 2.22. The maximum absolute atomic E-state index is 11.9. The summed E-state index contributed by atoms with van der Waals surface area (Å²) in [6, 6.07) is 10.4. The maximum Gasteiger partial charge on any atom is 0.331 e. The van der Waals surface area contributed by atoms with E-state index in [4.69, 9.17) is 25.8 Å². The van der Waals surface area contributed by atoms with Crippen LogP contribution in [0.5, 0.6) is 11.5 Å². The van der Waals surface area contributed by atoms with Crippen molar-refractivity contribution in [3.05, 3.63) is 58.6 Å². The molecule has 0 aromatic heterocycles. The number of carbonyl (C=O) groups is 2. The molecule has 27 heavy (non-hydrogen) atoms. The highest BCUT2D eigenvalue weighted by molar-refractivity contribution is 6.31. The van der Waals surface area contributed by atoms with Crippen LogP contribution in [0.4, 0.5) is 5.69 Å². The normalized spacial score (nSPS) is 10.5. The monoisotopic (exact) mass is 389 g/mol. The first kappa shape index (κ1) is 20.3. The lowest BCUT2D eigenvalue weighted by Crippen LogP contribution is -2.20. The highest BCUT2D eigenvalue weighted by atomic mass is 35.5. The van der Waals surface area contributed by atoms with Gasteiger partial charge in [0.1, 0.15) is 0 Å². The molecule has 1 amide bonds. The molecule has 0 fully saturated rings. The third kappa shape index (κ3) is 6.04. The summed E-state index contributed by atoms with van der Waals surface area (Å²) in [4.78, 5) is 23.7. The third-order valence-corrected chi connectivity index (χ3v) is 3.87. The van der Waals surface area contributed by atoms with Gasteiger partial charge in [-0.15, -0.1) is 0 Å². The number of aryl methyl sites for hydroxylation is 1. The van der Waals surface area contributed by atoms with Crippen LogP contribution in [0, 0.1) is 6.92 Å². The van der Waals surface area contributed by atoms with E-state index >= 15 is 0 Å². The minimum Gasteiger partial charge on any atom is -0.493 e. The lowest BCUT2D eigenvalue weighted by molar-refractivity contribution is -0.142. The molecule has 0 atom stereocenters. The SMILES string of the molecule is COc1ccc(C=CC(=O)OCC(=O)Nc2cc(Cl)ccc2C)cc1OC. The molecule has 0 heterocycles. The van der Waals surface area contributed by atoms with Crippen LogP contribution in [0.2, 0.25) is 5.02 Å². The first-order chi connectivity index (χ1) is 12.9. The van der Waals surface area contributed by atoms with Crippen LogP contribution in [-0.4, -0.2) is 32.7 Å². The molecule has 0 bridgehead atoms. The van der Waals surface area contributed by atoms with Crippen molar-refractivity contribution in [3.8, 4) is 11.5 Å². The zero-order chi connectivity index (χ0) is 19.8. The Hall–Kier alpha value is -2.99. The summed E-state index contributed by atoms with van der Waals surface area (Å²) in [5.41, 5.74) is 2.15. The number of nitrogens with one attached hydrogen (secondary N) is 1. The number of amides is 1. The number of methoxy groups -OCH3 is 2. The second kappa shape index (κ2) is 9.64. The Morgan fingerprint density at radius 1 is 1.07 bits per heavy atom. The van der Waals surface area contributed by atoms with Crippen molar-refractivity contribution in [2.75, 3.05) is 26.1 Å². The van der Waals surface area contributed by atoms with E-state index in [1.807, 2.05) is 6.92 Å². The standard InChI is InChI=1S/C20H20ClNO5/c1-13-4-7-15(21)11-16(13)22-19(23)12-27-20(24)9-6-14-5-8-17(25-2)18(10-14)26-3/h4-11H,12H2,1-3H3,(H,22,23). The van der Waals surface area contributed by atoms with Gasteiger partial charge >= 0.3 is 5.97 Å². The predicted molar refractivity (Wildman–Crippen MR) is 104 cm³/mol. The van der Waals surface area contributed by atoms with Gasteiger partial charge < -0.3 is 19.5 Å². The highest BCUT2D eigenvalue weighted by Crippen LogP contribution is 2.28. The number of esters is 1. The first-order valence-electron chi connectivity index (χ1n) is 8.06. The van der Waals surface area contributed by atoms with Gasteiger partial charge in [0, 0.05) is 16.8 Å². The molecule has 0 radical (unpaired) electrons. The Labute approximate surface area is 162 Å². The van der Waals surface area contributed by atoms with Crippen molar-refractivity contribution in [1.29, 1.82) is 0 Å². The van der Waals surface area contributed by atoms with Crippen molar-refractivity contribution in [2.24, 2.45) is 0 Å². The number of ether oxygens (including phenoxy) is 3. The summed E-state index contributed by atoms with van der Waals surface area (Å²) in [5, 5.41) is 3.16. The molecule has 0 spiro atoms. The molecule has 0 saturated carbocycles. The van der Waals surface area contributed by atoms with Crippen molar-refractivity contribution >= 4 is 35.2 Å². The van der Waals surface area contributed by atoms with Crippen LogP contribution in [-0.2, 0) is 14.3 Å². The lowest BCUT2D eigenvalue weighted by atomic mass is 10.2. The largest absolute Gasteiger partial charge is 0.493 e. The van der Waals surface area contributed by atoms with E-state index in [1.54, 1.807) is 49.6 Å². The molecule has 2 rings (SSSR count). The maximum atomic E-state index is 11.9. The number of hydrogen-bond acceptors (Lipinski definition) is 5. The Balaban J connectivity index is 1.89. The fourth-order valence-corrected chi connectivity index (χ4v) is 2.39. The van der Waals surface area contributed by atoms with Crippen LogP contribution in [0.25, 0.3) is 6.08 Å². The van der Waals surface area contributed by atoms with E-state index < -0.39 is 18.5 Å². The van der Waals surface area contributed by atoms with Gasteiger partial charge in [-0.25, -0.2) is 4.79 Å². The summed E-state index contributed by atoms with van der Waals surface area (Å²) >= 11 is 5.91. The third-order valence-electron chi connectivity index (χ3n) is 3.64. The number of benzene rings is 2. The molecule has 6 nitrogen and oxygen atoms in total. The predicted octanol–water partition coefficient (Wildman–Crippen LogP) is 3.86. The molecule has 0 aliphatic heterocycles. The van der Waals surface area contributed by atoms with Gasteiger partial charge in [0.25, 0.3) is 5.91 Å². The quantitative estimate of drug-likeness (QED) is 0.575. The van der Waals surface area contributed by atoms with E-state index in [9.17, 15) is 9.59 Å². The van der Waals surface area contributed by atoms with Gasteiger partial charge in [-0.05, 0) is 48.4 Å². The van der Waals surface area contributed by atoms with Gasteiger partial charge in [0.05, 0.1) is 14.2 Å². The summed E-state index contributed by atoms with van der Waals surface area (Å²) in [6.45, 7) is 1.44. The van der Waals surface area contributed by atoms with Crippen LogP contribution in [0.1, 0.15) is 11.1 Å². The smallest absolute Gasteiger partial charge is 0.331 e. The zero-order valence-corrected chi connectivity index (χ0v) is 16.0. The van der Waals surface area contributed by atoms with E-state index in [1.165, 1.54) is 13.2 Å². The number of hydrogen-bond donors (Lipinski definition) is 1. The molecule has 0 aliphatic rings. The second-order valence-corrected chi connectivity index (χ2v) is 6.00. The van der Waals surface area contributed by atoms with Crippen LogP contribution in [0.15, 0.2) is 42.5 Å². The average Bonchev–Trinajstić information content (AvgIpc) is 2.67. The topological polar surface area (TPSA) is 73.9 Å². The summed E-state index contributed by atoms with van der Waals surface area (Å²) in [7, 11) is 3.07. The van der Waals surface area contributed by atoms with Crippen LogP contribution < -0.4 is 14.8 Å². The minimum atomic E-state index is -0.636. The minimum absolute atomic E-state index is 0.402. The van der Waals surface area contributed by atoms with Crippen molar-refractivity contribution in [2.45, 2.75) is 6.92 Å². The fraction of sp³-hybridized carbons (Fsp3) is 0.200. The zero-order valence-electron chi connectivity index (χ0n) is 15.2. The van der Waals surface area contributed by atoms with E-state index in [-0.39, 0.29) is 0 Å². The average molecular weight is 390 g/mol. The summed E-state index contributed by atoms with van der Waals surface area (Å²) < 4.78 is 15.3. The molecule has 0 unspecified atom stereocenters.